The maximum atomic E-state index is 11.1. The Kier molecular flexibility index (Phi) is 5.50. The van der Waals surface area contributed by atoms with E-state index >= 15 is 0 Å². The van der Waals surface area contributed by atoms with Crippen LogP contribution in [0.15, 0.2) is 24.5 Å². The minimum atomic E-state index is -0.208. The minimum absolute atomic E-state index is 0.208. The third-order valence-corrected chi connectivity index (χ3v) is 2.16. The fraction of sp³-hybridized carbons (Fsp3) is 0.500. The van der Waals surface area contributed by atoms with E-state index in [0.29, 0.717) is 6.61 Å². The lowest BCUT2D eigenvalue weighted by atomic mass is 10.1. The summed E-state index contributed by atoms with van der Waals surface area (Å²) in [5, 5.41) is 3.11. The van der Waals surface area contributed by atoms with Crippen molar-refractivity contribution in [3.05, 3.63) is 30.1 Å². The van der Waals surface area contributed by atoms with Crippen molar-refractivity contribution in [2.75, 3.05) is 13.2 Å². The highest BCUT2D eigenvalue weighted by Gasteiger charge is 2.06. The molecule has 1 aromatic rings. The summed E-state index contributed by atoms with van der Waals surface area (Å²) in [6.45, 7) is 4.52. The van der Waals surface area contributed by atoms with Gasteiger partial charge in [0.15, 0.2) is 0 Å². The molecule has 88 valence electrons. The molecule has 1 atom stereocenters. The zero-order chi connectivity index (χ0) is 11.8. The Balaban J connectivity index is 2.26. The molecule has 0 saturated heterocycles. The van der Waals surface area contributed by atoms with Gasteiger partial charge in [-0.05, 0) is 31.9 Å². The van der Waals surface area contributed by atoms with E-state index in [4.69, 9.17) is 4.74 Å². The molecule has 0 radical (unpaired) electrons. The molecule has 1 rings (SSSR count). The number of rotatable bonds is 6. The molecule has 1 N–H and O–H groups in total. The minimum Gasteiger partial charge on any atom is -0.465 e. The van der Waals surface area contributed by atoms with E-state index in [1.54, 1.807) is 13.1 Å². The molecular weight excluding hydrogens is 204 g/mol. The SMILES string of the molecule is CCOC(=O)CN[C@H](C)Cc1cccnc1. The van der Waals surface area contributed by atoms with Crippen molar-refractivity contribution in [3.8, 4) is 0 Å². The summed E-state index contributed by atoms with van der Waals surface area (Å²) in [6.07, 6.45) is 4.44. The van der Waals surface area contributed by atoms with Crippen LogP contribution in [0.5, 0.6) is 0 Å². The number of nitrogens with one attached hydrogen (secondary N) is 1. The number of aromatic nitrogens is 1. The summed E-state index contributed by atoms with van der Waals surface area (Å²) < 4.78 is 4.83. The van der Waals surface area contributed by atoms with Crippen LogP contribution in [0, 0.1) is 0 Å². The first-order chi connectivity index (χ1) is 7.72. The van der Waals surface area contributed by atoms with Crippen LogP contribution in [0.2, 0.25) is 0 Å². The Hall–Kier alpha value is -1.42. The van der Waals surface area contributed by atoms with Gasteiger partial charge < -0.3 is 10.1 Å². The lowest BCUT2D eigenvalue weighted by molar-refractivity contribution is -0.142. The molecule has 0 aliphatic rings. The van der Waals surface area contributed by atoms with E-state index in [9.17, 15) is 4.79 Å². The lowest BCUT2D eigenvalue weighted by Gasteiger charge is -2.12. The first-order valence-corrected chi connectivity index (χ1v) is 5.50. The predicted molar refractivity (Wildman–Crippen MR) is 62.0 cm³/mol. The van der Waals surface area contributed by atoms with Crippen LogP contribution in [0.1, 0.15) is 19.4 Å². The van der Waals surface area contributed by atoms with Gasteiger partial charge in [-0.15, -0.1) is 0 Å². The molecule has 1 aromatic heterocycles. The van der Waals surface area contributed by atoms with E-state index in [0.717, 1.165) is 12.0 Å². The first-order valence-electron chi connectivity index (χ1n) is 5.50. The van der Waals surface area contributed by atoms with Crippen LogP contribution in [-0.2, 0) is 16.0 Å². The number of hydrogen-bond acceptors (Lipinski definition) is 4. The van der Waals surface area contributed by atoms with Crippen molar-refractivity contribution in [1.82, 2.24) is 10.3 Å². The highest BCUT2D eigenvalue weighted by Crippen LogP contribution is 2.00. The van der Waals surface area contributed by atoms with E-state index in [2.05, 4.69) is 10.3 Å². The average molecular weight is 222 g/mol. The normalized spacial score (nSPS) is 12.1. The fourth-order valence-electron chi connectivity index (χ4n) is 1.41. The molecule has 0 fully saturated rings. The molecule has 0 aromatic carbocycles. The number of carbonyl (C=O) groups is 1. The Morgan fingerprint density at radius 3 is 3.06 bits per heavy atom. The number of hydrogen-bond donors (Lipinski definition) is 1. The third kappa shape index (κ3) is 4.89. The summed E-state index contributed by atoms with van der Waals surface area (Å²) in [4.78, 5) is 15.1. The lowest BCUT2D eigenvalue weighted by Crippen LogP contribution is -2.33. The van der Waals surface area contributed by atoms with Crippen LogP contribution < -0.4 is 5.32 Å². The van der Waals surface area contributed by atoms with Crippen molar-refractivity contribution < 1.29 is 9.53 Å². The van der Waals surface area contributed by atoms with Gasteiger partial charge in [-0.25, -0.2) is 0 Å². The van der Waals surface area contributed by atoms with Crippen LogP contribution in [-0.4, -0.2) is 30.1 Å². The number of carbonyl (C=O) groups excluding carboxylic acids is 1. The molecule has 0 spiro atoms. The van der Waals surface area contributed by atoms with Gasteiger partial charge in [0, 0.05) is 18.4 Å². The van der Waals surface area contributed by atoms with Crippen LogP contribution in [0.3, 0.4) is 0 Å². The smallest absolute Gasteiger partial charge is 0.319 e. The highest BCUT2D eigenvalue weighted by molar-refractivity contribution is 5.71. The fourth-order valence-corrected chi connectivity index (χ4v) is 1.41. The van der Waals surface area contributed by atoms with E-state index in [-0.39, 0.29) is 18.6 Å². The van der Waals surface area contributed by atoms with Gasteiger partial charge in [0.2, 0.25) is 0 Å². The molecule has 0 saturated carbocycles. The maximum Gasteiger partial charge on any atom is 0.319 e. The Morgan fingerprint density at radius 2 is 2.44 bits per heavy atom. The van der Waals surface area contributed by atoms with Gasteiger partial charge in [-0.3, -0.25) is 9.78 Å². The Labute approximate surface area is 96.0 Å². The molecule has 4 nitrogen and oxygen atoms in total. The molecule has 0 amide bonds. The van der Waals surface area contributed by atoms with Crippen LogP contribution in [0.4, 0.5) is 0 Å². The van der Waals surface area contributed by atoms with E-state index in [1.165, 1.54) is 0 Å². The molecule has 0 aliphatic carbocycles. The molecule has 0 unspecified atom stereocenters. The number of pyridine rings is 1. The van der Waals surface area contributed by atoms with E-state index < -0.39 is 0 Å². The van der Waals surface area contributed by atoms with E-state index in [1.807, 2.05) is 25.3 Å². The zero-order valence-electron chi connectivity index (χ0n) is 9.77. The number of ether oxygens (including phenoxy) is 1. The summed E-state index contributed by atoms with van der Waals surface area (Å²) >= 11 is 0. The summed E-state index contributed by atoms with van der Waals surface area (Å²) in [5.74, 6) is -0.208. The first kappa shape index (κ1) is 12.6. The van der Waals surface area contributed by atoms with Crippen molar-refractivity contribution in [2.24, 2.45) is 0 Å². The zero-order valence-corrected chi connectivity index (χ0v) is 9.77. The van der Waals surface area contributed by atoms with Crippen molar-refractivity contribution in [2.45, 2.75) is 26.3 Å². The maximum absolute atomic E-state index is 11.1. The summed E-state index contributed by atoms with van der Waals surface area (Å²) in [7, 11) is 0. The standard InChI is InChI=1S/C12H18N2O2/c1-3-16-12(15)9-14-10(2)7-11-5-4-6-13-8-11/h4-6,8,10,14H,3,7,9H2,1-2H3/t10-/m1/s1. The van der Waals surface area contributed by atoms with Gasteiger partial charge in [-0.1, -0.05) is 6.07 Å². The topological polar surface area (TPSA) is 51.2 Å². The Morgan fingerprint density at radius 1 is 1.62 bits per heavy atom. The summed E-state index contributed by atoms with van der Waals surface area (Å²) in [5.41, 5.74) is 1.16. The van der Waals surface area contributed by atoms with Gasteiger partial charge in [-0.2, -0.15) is 0 Å². The van der Waals surface area contributed by atoms with Crippen molar-refractivity contribution in [1.29, 1.82) is 0 Å². The second-order valence-corrected chi connectivity index (χ2v) is 3.65. The molecule has 16 heavy (non-hydrogen) atoms. The second-order valence-electron chi connectivity index (χ2n) is 3.65. The summed E-state index contributed by atoms with van der Waals surface area (Å²) in [6, 6.07) is 4.16. The van der Waals surface area contributed by atoms with Crippen LogP contribution in [0.25, 0.3) is 0 Å². The van der Waals surface area contributed by atoms with Gasteiger partial charge in [0.1, 0.15) is 0 Å². The molecule has 1 heterocycles. The van der Waals surface area contributed by atoms with Crippen molar-refractivity contribution in [3.63, 3.8) is 0 Å². The second kappa shape index (κ2) is 6.95. The molecule has 4 heteroatoms. The monoisotopic (exact) mass is 222 g/mol. The largest absolute Gasteiger partial charge is 0.465 e. The molecular formula is C12H18N2O2. The van der Waals surface area contributed by atoms with Gasteiger partial charge in [0.05, 0.1) is 13.2 Å². The quantitative estimate of drug-likeness (QED) is 0.734. The number of esters is 1. The van der Waals surface area contributed by atoms with Gasteiger partial charge in [0.25, 0.3) is 0 Å². The number of nitrogens with zero attached hydrogens (tertiary/aromatic N) is 1. The van der Waals surface area contributed by atoms with Gasteiger partial charge >= 0.3 is 5.97 Å². The van der Waals surface area contributed by atoms with Crippen molar-refractivity contribution >= 4 is 5.97 Å². The highest BCUT2D eigenvalue weighted by atomic mass is 16.5. The Bertz CT molecular complexity index is 314. The molecule has 0 aliphatic heterocycles. The average Bonchev–Trinajstić information content (AvgIpc) is 2.28. The predicted octanol–water partition coefficient (Wildman–Crippen LogP) is 1.17. The third-order valence-electron chi connectivity index (χ3n) is 2.16. The van der Waals surface area contributed by atoms with Crippen LogP contribution >= 0.6 is 0 Å². The molecule has 0 bridgehead atoms.